The molecule has 3 rings (SSSR count). The van der Waals surface area contributed by atoms with E-state index in [0.717, 1.165) is 11.1 Å². The fourth-order valence-corrected chi connectivity index (χ4v) is 4.13. The van der Waals surface area contributed by atoms with Gasteiger partial charge in [0, 0.05) is 30.9 Å². The molecule has 160 valence electrons. The number of anilines is 1. The summed E-state index contributed by atoms with van der Waals surface area (Å²) in [6, 6.07) is 22.8. The molecule has 0 fully saturated rings. The van der Waals surface area contributed by atoms with Crippen LogP contribution in [-0.4, -0.2) is 32.8 Å². The van der Waals surface area contributed by atoms with E-state index in [0.29, 0.717) is 11.4 Å². The summed E-state index contributed by atoms with van der Waals surface area (Å²) in [4.78, 5) is 12.4. The van der Waals surface area contributed by atoms with Crippen molar-refractivity contribution in [2.75, 3.05) is 19.5 Å². The fourth-order valence-electron chi connectivity index (χ4n) is 2.97. The van der Waals surface area contributed by atoms with Gasteiger partial charge in [0.1, 0.15) is 5.75 Å². The lowest BCUT2D eigenvalue weighted by Crippen LogP contribution is -2.26. The van der Waals surface area contributed by atoms with Crippen LogP contribution in [0, 0.1) is 0 Å². The van der Waals surface area contributed by atoms with Crippen LogP contribution >= 0.6 is 0 Å². The summed E-state index contributed by atoms with van der Waals surface area (Å²) in [5.74, 6) is 0.337. The van der Waals surface area contributed by atoms with E-state index in [1.807, 2.05) is 54.6 Å². The molecule has 3 aromatic carbocycles. The van der Waals surface area contributed by atoms with Crippen LogP contribution in [0.15, 0.2) is 89.8 Å². The second-order valence-corrected chi connectivity index (χ2v) is 8.88. The van der Waals surface area contributed by atoms with Gasteiger partial charge in [0.05, 0.1) is 12.0 Å². The Bertz CT molecular complexity index is 1160. The predicted octanol–water partition coefficient (Wildman–Crippen LogP) is 4.17. The summed E-state index contributed by atoms with van der Waals surface area (Å²) in [5.41, 5.74) is 2.18. The van der Waals surface area contributed by atoms with Gasteiger partial charge in [-0.25, -0.2) is 8.42 Å². The van der Waals surface area contributed by atoms with Crippen molar-refractivity contribution in [3.8, 4) is 5.75 Å². The van der Waals surface area contributed by atoms with Gasteiger partial charge in [0.2, 0.25) is 15.9 Å². The predicted molar refractivity (Wildman–Crippen MR) is 122 cm³/mol. The first kappa shape index (κ1) is 22.3. The van der Waals surface area contributed by atoms with Crippen molar-refractivity contribution >= 4 is 27.7 Å². The van der Waals surface area contributed by atoms with Gasteiger partial charge in [-0.15, -0.1) is 0 Å². The molecule has 0 aliphatic carbocycles. The van der Waals surface area contributed by atoms with E-state index in [2.05, 4.69) is 5.32 Å². The number of rotatable bonds is 8. The molecule has 31 heavy (non-hydrogen) atoms. The maximum atomic E-state index is 12.8. The van der Waals surface area contributed by atoms with Gasteiger partial charge in [-0.2, -0.15) is 4.31 Å². The van der Waals surface area contributed by atoms with Crippen LogP contribution in [0.2, 0.25) is 0 Å². The van der Waals surface area contributed by atoms with E-state index in [-0.39, 0.29) is 17.3 Å². The van der Waals surface area contributed by atoms with Crippen molar-refractivity contribution in [2.45, 2.75) is 11.4 Å². The average molecular weight is 437 g/mol. The Morgan fingerprint density at radius 2 is 1.61 bits per heavy atom. The Labute approximate surface area is 182 Å². The summed E-state index contributed by atoms with van der Waals surface area (Å²) in [7, 11) is -0.532. The molecule has 0 bridgehead atoms. The monoisotopic (exact) mass is 436 g/mol. The van der Waals surface area contributed by atoms with Crippen molar-refractivity contribution in [2.24, 2.45) is 0 Å². The molecule has 0 aliphatic rings. The SMILES string of the molecule is COc1ccccc1C=CC(=O)Nc1ccc(S(=O)(=O)N(C)Cc2ccccc2)cc1. The summed E-state index contributed by atoms with van der Waals surface area (Å²) < 4.78 is 32.2. The van der Waals surface area contributed by atoms with Gasteiger partial charge in [0.15, 0.2) is 0 Å². The molecule has 0 saturated carbocycles. The normalized spacial score (nSPS) is 11.6. The molecular weight excluding hydrogens is 412 g/mol. The number of carbonyl (C=O) groups is 1. The van der Waals surface area contributed by atoms with Crippen LogP contribution in [0.1, 0.15) is 11.1 Å². The van der Waals surface area contributed by atoms with Crippen LogP contribution in [0.4, 0.5) is 5.69 Å². The van der Waals surface area contributed by atoms with Gasteiger partial charge in [0.25, 0.3) is 0 Å². The highest BCUT2D eigenvalue weighted by atomic mass is 32.2. The second-order valence-electron chi connectivity index (χ2n) is 6.84. The molecule has 0 aromatic heterocycles. The molecule has 0 atom stereocenters. The van der Waals surface area contributed by atoms with Crippen molar-refractivity contribution < 1.29 is 17.9 Å². The van der Waals surface area contributed by atoms with E-state index >= 15 is 0 Å². The zero-order valence-electron chi connectivity index (χ0n) is 17.4. The molecule has 7 heteroatoms. The van der Waals surface area contributed by atoms with Crippen molar-refractivity contribution in [3.05, 3.63) is 96.1 Å². The Morgan fingerprint density at radius 3 is 2.29 bits per heavy atom. The van der Waals surface area contributed by atoms with E-state index in [4.69, 9.17) is 4.74 Å². The zero-order chi connectivity index (χ0) is 22.3. The Balaban J connectivity index is 1.65. The highest BCUT2D eigenvalue weighted by molar-refractivity contribution is 7.89. The van der Waals surface area contributed by atoms with Crippen LogP contribution in [0.25, 0.3) is 6.08 Å². The molecule has 1 amide bonds. The van der Waals surface area contributed by atoms with E-state index in [9.17, 15) is 13.2 Å². The number of benzene rings is 3. The highest BCUT2D eigenvalue weighted by Crippen LogP contribution is 2.20. The number of hydrogen-bond acceptors (Lipinski definition) is 4. The average Bonchev–Trinajstić information content (AvgIpc) is 2.79. The number of sulfonamides is 1. The van der Waals surface area contributed by atoms with E-state index in [1.54, 1.807) is 32.4 Å². The molecule has 6 nitrogen and oxygen atoms in total. The largest absolute Gasteiger partial charge is 0.496 e. The smallest absolute Gasteiger partial charge is 0.248 e. The van der Waals surface area contributed by atoms with Crippen LogP contribution in [0.3, 0.4) is 0 Å². The third kappa shape index (κ3) is 5.81. The lowest BCUT2D eigenvalue weighted by Gasteiger charge is -2.17. The lowest BCUT2D eigenvalue weighted by molar-refractivity contribution is -0.111. The van der Waals surface area contributed by atoms with Gasteiger partial charge in [-0.3, -0.25) is 4.79 Å². The summed E-state index contributed by atoms with van der Waals surface area (Å²) in [6.07, 6.45) is 3.06. The van der Waals surface area contributed by atoms with Gasteiger partial charge >= 0.3 is 0 Å². The number of methoxy groups -OCH3 is 1. The van der Waals surface area contributed by atoms with Gasteiger partial charge in [-0.1, -0.05) is 48.5 Å². The Hall–Kier alpha value is -3.42. The van der Waals surface area contributed by atoms with E-state index in [1.165, 1.54) is 22.5 Å². The first-order valence-corrected chi connectivity index (χ1v) is 11.1. The maximum absolute atomic E-state index is 12.8. The van der Waals surface area contributed by atoms with Crippen molar-refractivity contribution in [1.82, 2.24) is 4.31 Å². The number of hydrogen-bond donors (Lipinski definition) is 1. The number of amides is 1. The number of para-hydroxylation sites is 1. The molecule has 0 radical (unpaired) electrons. The molecule has 0 spiro atoms. The number of nitrogens with zero attached hydrogens (tertiary/aromatic N) is 1. The maximum Gasteiger partial charge on any atom is 0.248 e. The third-order valence-corrected chi connectivity index (χ3v) is 6.45. The first-order chi connectivity index (χ1) is 14.9. The minimum Gasteiger partial charge on any atom is -0.496 e. The van der Waals surface area contributed by atoms with Crippen molar-refractivity contribution in [3.63, 3.8) is 0 Å². The minimum absolute atomic E-state index is 0.161. The molecule has 0 unspecified atom stereocenters. The van der Waals surface area contributed by atoms with Gasteiger partial charge in [-0.05, 0) is 42.0 Å². The quantitative estimate of drug-likeness (QED) is 0.538. The third-order valence-electron chi connectivity index (χ3n) is 4.63. The lowest BCUT2D eigenvalue weighted by atomic mass is 10.2. The number of ether oxygens (including phenoxy) is 1. The second kappa shape index (κ2) is 10.1. The summed E-state index contributed by atoms with van der Waals surface area (Å²) in [5, 5.41) is 2.72. The Morgan fingerprint density at radius 1 is 0.968 bits per heavy atom. The Kier molecular flexibility index (Phi) is 7.23. The zero-order valence-corrected chi connectivity index (χ0v) is 18.2. The standard InChI is InChI=1S/C24H24N2O4S/c1-26(18-19-8-4-3-5-9-19)31(28,29)22-15-13-21(14-16-22)25-24(27)17-12-20-10-6-7-11-23(20)30-2/h3-17H,18H2,1-2H3,(H,25,27). The molecular formula is C24H24N2O4S. The number of nitrogens with one attached hydrogen (secondary N) is 1. The van der Waals surface area contributed by atoms with E-state index < -0.39 is 10.0 Å². The molecule has 3 aromatic rings. The van der Waals surface area contributed by atoms with Gasteiger partial charge < -0.3 is 10.1 Å². The summed E-state index contributed by atoms with van der Waals surface area (Å²) >= 11 is 0. The number of carbonyl (C=O) groups excluding carboxylic acids is 1. The van der Waals surface area contributed by atoms with Crippen LogP contribution in [0.5, 0.6) is 5.75 Å². The minimum atomic E-state index is -3.64. The molecule has 0 heterocycles. The molecule has 0 aliphatic heterocycles. The summed E-state index contributed by atoms with van der Waals surface area (Å²) in [6.45, 7) is 0.273. The van der Waals surface area contributed by atoms with Crippen LogP contribution < -0.4 is 10.1 Å². The highest BCUT2D eigenvalue weighted by Gasteiger charge is 2.20. The molecule has 0 saturated heterocycles. The fraction of sp³-hybridized carbons (Fsp3) is 0.125. The topological polar surface area (TPSA) is 75.7 Å². The van der Waals surface area contributed by atoms with Crippen LogP contribution in [-0.2, 0) is 21.4 Å². The first-order valence-electron chi connectivity index (χ1n) is 9.62. The molecule has 1 N–H and O–H groups in total. The van der Waals surface area contributed by atoms with Crippen molar-refractivity contribution in [1.29, 1.82) is 0 Å².